The molecule has 0 unspecified atom stereocenters. The predicted molar refractivity (Wildman–Crippen MR) is 106 cm³/mol. The van der Waals surface area contributed by atoms with E-state index < -0.39 is 0 Å². The number of benzene rings is 2. The summed E-state index contributed by atoms with van der Waals surface area (Å²) in [5, 5.41) is 2.86. The predicted octanol–water partition coefficient (Wildman–Crippen LogP) is 4.47. The normalized spacial score (nSPS) is 11.0. The summed E-state index contributed by atoms with van der Waals surface area (Å²) in [6.07, 6.45) is 0.758. The lowest BCUT2D eigenvalue weighted by molar-refractivity contribution is -0.145. The van der Waals surface area contributed by atoms with Gasteiger partial charge >= 0.3 is 5.97 Å². The Hall–Kier alpha value is -2.99. The van der Waals surface area contributed by atoms with E-state index in [-0.39, 0.29) is 19.1 Å². The topological polar surface area (TPSA) is 57.0 Å². The lowest BCUT2D eigenvalue weighted by Crippen LogP contribution is -2.15. The first-order valence-electron chi connectivity index (χ1n) is 8.84. The number of fused-ring (bicyclic) bond motifs is 1. The molecule has 4 rings (SSSR count). The Morgan fingerprint density at radius 1 is 1.07 bits per heavy atom. The molecule has 0 saturated carbocycles. The Bertz CT molecular complexity index is 1070. The number of rotatable bonds is 6. The van der Waals surface area contributed by atoms with Crippen molar-refractivity contribution < 1.29 is 9.53 Å². The molecule has 0 spiro atoms. The molecule has 0 aliphatic heterocycles. The number of esters is 1. The van der Waals surface area contributed by atoms with Crippen molar-refractivity contribution in [3.8, 4) is 10.6 Å². The third kappa shape index (κ3) is 3.75. The highest BCUT2D eigenvalue weighted by Gasteiger charge is 2.14. The van der Waals surface area contributed by atoms with E-state index >= 15 is 0 Å². The number of thiazole rings is 1. The van der Waals surface area contributed by atoms with E-state index in [1.807, 2.05) is 71.5 Å². The second-order valence-electron chi connectivity index (χ2n) is 6.13. The molecule has 0 N–H and O–H groups in total. The number of aryl methyl sites for hydroxylation is 1. The molecule has 0 fully saturated rings. The molecule has 0 atom stereocenters. The van der Waals surface area contributed by atoms with Crippen molar-refractivity contribution >= 4 is 28.3 Å². The number of carbonyl (C=O) groups is 1. The van der Waals surface area contributed by atoms with Gasteiger partial charge in [-0.15, -0.1) is 11.3 Å². The molecule has 2 aromatic carbocycles. The molecule has 0 bridgehead atoms. The summed E-state index contributed by atoms with van der Waals surface area (Å²) < 4.78 is 7.38. The SMILES string of the molecule is CCc1nc2ccccc2n1CC(=O)OCc1csc(-c2ccccc2)n1. The Morgan fingerprint density at radius 2 is 1.85 bits per heavy atom. The smallest absolute Gasteiger partial charge is 0.326 e. The highest BCUT2D eigenvalue weighted by molar-refractivity contribution is 7.13. The van der Waals surface area contributed by atoms with E-state index in [0.717, 1.165) is 39.5 Å². The number of hydrogen-bond donors (Lipinski definition) is 0. The minimum absolute atomic E-state index is 0.152. The molecule has 136 valence electrons. The van der Waals surface area contributed by atoms with Gasteiger partial charge in [0.2, 0.25) is 0 Å². The Kier molecular flexibility index (Phi) is 4.98. The zero-order valence-electron chi connectivity index (χ0n) is 15.0. The van der Waals surface area contributed by atoms with Crippen LogP contribution in [0, 0.1) is 0 Å². The largest absolute Gasteiger partial charge is 0.458 e. The summed E-state index contributed by atoms with van der Waals surface area (Å²) >= 11 is 1.55. The first-order valence-corrected chi connectivity index (χ1v) is 9.72. The van der Waals surface area contributed by atoms with Crippen LogP contribution in [0.15, 0.2) is 60.0 Å². The molecule has 2 aromatic heterocycles. The van der Waals surface area contributed by atoms with Crippen LogP contribution < -0.4 is 0 Å². The van der Waals surface area contributed by atoms with Gasteiger partial charge in [0.05, 0.1) is 16.7 Å². The second-order valence-corrected chi connectivity index (χ2v) is 6.99. The van der Waals surface area contributed by atoms with Gasteiger partial charge in [-0.2, -0.15) is 0 Å². The van der Waals surface area contributed by atoms with Gasteiger partial charge in [0.15, 0.2) is 0 Å². The molecule has 6 heteroatoms. The average Bonchev–Trinajstić information content (AvgIpc) is 3.32. The third-order valence-electron chi connectivity index (χ3n) is 4.29. The number of nitrogens with zero attached hydrogens (tertiary/aromatic N) is 3. The standard InChI is InChI=1S/C21H19N3O2S/c1-2-19-23-17-10-6-7-11-18(17)24(19)12-20(25)26-13-16-14-27-21(22-16)15-8-4-3-5-9-15/h3-11,14H,2,12-13H2,1H3. The van der Waals surface area contributed by atoms with E-state index in [1.165, 1.54) is 0 Å². The van der Waals surface area contributed by atoms with Crippen molar-refractivity contribution in [3.05, 3.63) is 71.5 Å². The van der Waals surface area contributed by atoms with Crippen molar-refractivity contribution in [1.82, 2.24) is 14.5 Å². The lowest BCUT2D eigenvalue weighted by atomic mass is 10.2. The lowest BCUT2D eigenvalue weighted by Gasteiger charge is -2.08. The van der Waals surface area contributed by atoms with E-state index in [4.69, 9.17) is 4.74 Å². The monoisotopic (exact) mass is 377 g/mol. The summed E-state index contributed by atoms with van der Waals surface area (Å²) in [5.41, 5.74) is 3.68. The fourth-order valence-corrected chi connectivity index (χ4v) is 3.80. The Morgan fingerprint density at radius 3 is 2.67 bits per heavy atom. The van der Waals surface area contributed by atoms with Gasteiger partial charge in [0.25, 0.3) is 0 Å². The van der Waals surface area contributed by atoms with Crippen LogP contribution in [0.2, 0.25) is 0 Å². The van der Waals surface area contributed by atoms with E-state index in [9.17, 15) is 4.79 Å². The van der Waals surface area contributed by atoms with E-state index in [2.05, 4.69) is 9.97 Å². The van der Waals surface area contributed by atoms with Gasteiger partial charge < -0.3 is 9.30 Å². The number of ether oxygens (including phenoxy) is 1. The number of aromatic nitrogens is 3. The summed E-state index contributed by atoms with van der Waals surface area (Å²) in [4.78, 5) is 21.5. The first kappa shape index (κ1) is 17.4. The number of hydrogen-bond acceptors (Lipinski definition) is 5. The Labute approximate surface area is 161 Å². The zero-order valence-corrected chi connectivity index (χ0v) is 15.8. The number of imidazole rings is 1. The van der Waals surface area contributed by atoms with E-state index in [0.29, 0.717) is 0 Å². The van der Waals surface area contributed by atoms with Crippen molar-refractivity contribution in [2.45, 2.75) is 26.5 Å². The second kappa shape index (κ2) is 7.72. The maximum atomic E-state index is 12.4. The van der Waals surface area contributed by atoms with Gasteiger partial charge in [-0.3, -0.25) is 4.79 Å². The molecular formula is C21H19N3O2S. The van der Waals surface area contributed by atoms with Crippen LogP contribution in [0.25, 0.3) is 21.6 Å². The molecule has 2 heterocycles. The minimum atomic E-state index is -0.290. The summed E-state index contributed by atoms with van der Waals surface area (Å²) in [6, 6.07) is 17.8. The van der Waals surface area contributed by atoms with Crippen molar-refractivity contribution in [2.75, 3.05) is 0 Å². The van der Waals surface area contributed by atoms with Crippen LogP contribution in [-0.2, 0) is 29.1 Å². The van der Waals surface area contributed by atoms with Gasteiger partial charge in [-0.25, -0.2) is 9.97 Å². The number of para-hydroxylation sites is 2. The molecule has 0 radical (unpaired) electrons. The van der Waals surface area contributed by atoms with Crippen LogP contribution in [0.1, 0.15) is 18.4 Å². The molecule has 27 heavy (non-hydrogen) atoms. The number of carbonyl (C=O) groups excluding carboxylic acids is 1. The van der Waals surface area contributed by atoms with Crippen LogP contribution in [0.5, 0.6) is 0 Å². The van der Waals surface area contributed by atoms with E-state index in [1.54, 1.807) is 11.3 Å². The zero-order chi connectivity index (χ0) is 18.6. The summed E-state index contributed by atoms with van der Waals surface area (Å²) in [6.45, 7) is 2.36. The molecule has 0 aliphatic rings. The molecule has 0 aliphatic carbocycles. The fraction of sp³-hybridized carbons (Fsp3) is 0.190. The van der Waals surface area contributed by atoms with Gasteiger partial charge in [0, 0.05) is 17.4 Å². The van der Waals surface area contributed by atoms with Crippen molar-refractivity contribution in [1.29, 1.82) is 0 Å². The van der Waals surface area contributed by atoms with Crippen LogP contribution in [0.4, 0.5) is 0 Å². The maximum Gasteiger partial charge on any atom is 0.326 e. The molecule has 0 saturated heterocycles. The van der Waals surface area contributed by atoms with Gasteiger partial charge in [-0.05, 0) is 12.1 Å². The minimum Gasteiger partial charge on any atom is -0.458 e. The summed E-state index contributed by atoms with van der Waals surface area (Å²) in [5.74, 6) is 0.593. The molecule has 4 aromatic rings. The Balaban J connectivity index is 1.43. The molecular weight excluding hydrogens is 358 g/mol. The highest BCUT2D eigenvalue weighted by Crippen LogP contribution is 2.23. The van der Waals surface area contributed by atoms with Crippen molar-refractivity contribution in [3.63, 3.8) is 0 Å². The van der Waals surface area contributed by atoms with Crippen LogP contribution in [-0.4, -0.2) is 20.5 Å². The summed E-state index contributed by atoms with van der Waals surface area (Å²) in [7, 11) is 0. The maximum absolute atomic E-state index is 12.4. The van der Waals surface area contributed by atoms with Gasteiger partial charge in [0.1, 0.15) is 24.0 Å². The molecule has 5 nitrogen and oxygen atoms in total. The van der Waals surface area contributed by atoms with Crippen LogP contribution >= 0.6 is 11.3 Å². The van der Waals surface area contributed by atoms with Gasteiger partial charge in [-0.1, -0.05) is 49.4 Å². The van der Waals surface area contributed by atoms with Crippen molar-refractivity contribution in [2.24, 2.45) is 0 Å². The third-order valence-corrected chi connectivity index (χ3v) is 5.23. The first-order chi connectivity index (χ1) is 13.2. The quantitative estimate of drug-likeness (QED) is 0.465. The fourth-order valence-electron chi connectivity index (χ4n) is 2.99. The average molecular weight is 377 g/mol. The van der Waals surface area contributed by atoms with Crippen LogP contribution in [0.3, 0.4) is 0 Å². The molecule has 0 amide bonds. The highest BCUT2D eigenvalue weighted by atomic mass is 32.1.